The second kappa shape index (κ2) is 9.08. The maximum Gasteiger partial charge on any atom is 0.257 e. The Morgan fingerprint density at radius 3 is 2.73 bits per heavy atom. The van der Waals surface area contributed by atoms with Gasteiger partial charge in [-0.3, -0.25) is 4.79 Å². The molecule has 0 heterocycles. The van der Waals surface area contributed by atoms with Gasteiger partial charge >= 0.3 is 0 Å². The average Bonchev–Trinajstić information content (AvgIpc) is 2.52. The molecule has 0 fully saturated rings. The molecule has 0 aromatic heterocycles. The molecule has 0 bridgehead atoms. The molecule has 1 N–H and O–H groups in total. The Hall–Kier alpha value is -1.17. The van der Waals surface area contributed by atoms with Crippen LogP contribution in [0.1, 0.15) is 0 Å². The van der Waals surface area contributed by atoms with Crippen LogP contribution in [0, 0.1) is 0 Å². The Morgan fingerprint density at radius 1 is 1.23 bits per heavy atom. The Bertz CT molecular complexity index is 625. The Balaban J connectivity index is 1.65. The van der Waals surface area contributed by atoms with Gasteiger partial charge in [0.2, 0.25) is 0 Å². The van der Waals surface area contributed by atoms with Gasteiger partial charge in [0.15, 0.2) is 6.61 Å². The number of ether oxygens (including phenoxy) is 1. The van der Waals surface area contributed by atoms with Crippen LogP contribution in [0.3, 0.4) is 0 Å². The van der Waals surface area contributed by atoms with E-state index in [1.54, 1.807) is 30.0 Å². The van der Waals surface area contributed by atoms with Crippen molar-refractivity contribution in [2.24, 2.45) is 0 Å². The standard InChI is InChI=1S/C16H15BrClNO2S/c17-14-10-12(18)6-7-15(14)21-11-16(20)19-8-9-22-13-4-2-1-3-5-13/h1-7,10H,8-9,11H2,(H,19,20). The molecule has 3 nitrogen and oxygen atoms in total. The van der Waals surface area contributed by atoms with Gasteiger partial charge in [-0.25, -0.2) is 0 Å². The van der Waals surface area contributed by atoms with Crippen LogP contribution in [0.5, 0.6) is 5.75 Å². The Morgan fingerprint density at radius 2 is 2.00 bits per heavy atom. The summed E-state index contributed by atoms with van der Waals surface area (Å²) in [5.74, 6) is 1.27. The number of nitrogens with one attached hydrogen (secondary N) is 1. The molecule has 0 atom stereocenters. The first-order chi connectivity index (χ1) is 10.6. The number of hydrogen-bond acceptors (Lipinski definition) is 3. The lowest BCUT2D eigenvalue weighted by Gasteiger charge is -2.09. The summed E-state index contributed by atoms with van der Waals surface area (Å²) in [5.41, 5.74) is 0. The third kappa shape index (κ3) is 5.91. The molecule has 0 aliphatic rings. The van der Waals surface area contributed by atoms with Gasteiger partial charge in [0.05, 0.1) is 4.47 Å². The van der Waals surface area contributed by atoms with Crippen molar-refractivity contribution in [1.29, 1.82) is 0 Å². The van der Waals surface area contributed by atoms with Gasteiger partial charge in [0.25, 0.3) is 5.91 Å². The molecular weight excluding hydrogens is 386 g/mol. The van der Waals surface area contributed by atoms with Crippen molar-refractivity contribution in [2.45, 2.75) is 4.90 Å². The number of halogens is 2. The summed E-state index contributed by atoms with van der Waals surface area (Å²) in [6.07, 6.45) is 0. The van der Waals surface area contributed by atoms with Gasteiger partial charge < -0.3 is 10.1 Å². The van der Waals surface area contributed by atoms with Crippen LogP contribution < -0.4 is 10.1 Å². The molecule has 1 amide bonds. The summed E-state index contributed by atoms with van der Waals surface area (Å²) in [6.45, 7) is 0.583. The van der Waals surface area contributed by atoms with E-state index >= 15 is 0 Å². The lowest BCUT2D eigenvalue weighted by Crippen LogP contribution is -2.30. The van der Waals surface area contributed by atoms with Crippen LogP contribution in [-0.4, -0.2) is 24.8 Å². The van der Waals surface area contributed by atoms with Crippen molar-refractivity contribution in [3.63, 3.8) is 0 Å². The van der Waals surface area contributed by atoms with E-state index in [1.807, 2.05) is 30.3 Å². The Kier molecular flexibility index (Phi) is 7.09. The molecule has 2 aromatic carbocycles. The summed E-state index contributed by atoms with van der Waals surface area (Å²) in [4.78, 5) is 12.9. The fraction of sp³-hybridized carbons (Fsp3) is 0.188. The topological polar surface area (TPSA) is 38.3 Å². The van der Waals surface area contributed by atoms with E-state index in [1.165, 1.54) is 4.90 Å². The van der Waals surface area contributed by atoms with Gasteiger partial charge in [0.1, 0.15) is 5.75 Å². The molecule has 2 aromatic rings. The fourth-order valence-corrected chi connectivity index (χ4v) is 3.25. The quantitative estimate of drug-likeness (QED) is 0.553. The number of thioether (sulfide) groups is 1. The van der Waals surface area contributed by atoms with E-state index < -0.39 is 0 Å². The van der Waals surface area contributed by atoms with E-state index in [0.717, 1.165) is 10.2 Å². The number of carbonyl (C=O) groups excluding carboxylic acids is 1. The highest BCUT2D eigenvalue weighted by molar-refractivity contribution is 9.10. The first-order valence-electron chi connectivity index (χ1n) is 6.67. The molecule has 0 saturated carbocycles. The number of hydrogen-bond donors (Lipinski definition) is 1. The average molecular weight is 401 g/mol. The molecule has 0 spiro atoms. The van der Waals surface area contributed by atoms with Gasteiger partial charge in [0, 0.05) is 22.2 Å². The van der Waals surface area contributed by atoms with E-state index in [4.69, 9.17) is 16.3 Å². The smallest absolute Gasteiger partial charge is 0.257 e. The van der Waals surface area contributed by atoms with Crippen LogP contribution >= 0.6 is 39.3 Å². The zero-order valence-corrected chi connectivity index (χ0v) is 14.9. The molecule has 0 radical (unpaired) electrons. The molecule has 116 valence electrons. The van der Waals surface area contributed by atoms with Crippen molar-refractivity contribution >= 4 is 45.2 Å². The highest BCUT2D eigenvalue weighted by Gasteiger charge is 2.06. The molecule has 6 heteroatoms. The van der Waals surface area contributed by atoms with Gasteiger partial charge in [-0.05, 0) is 46.3 Å². The van der Waals surface area contributed by atoms with Crippen LogP contribution in [0.4, 0.5) is 0 Å². The van der Waals surface area contributed by atoms with E-state index in [0.29, 0.717) is 17.3 Å². The number of benzene rings is 2. The minimum atomic E-state index is -0.143. The summed E-state index contributed by atoms with van der Waals surface area (Å²) < 4.78 is 6.17. The van der Waals surface area contributed by atoms with Crippen LogP contribution in [0.2, 0.25) is 5.02 Å². The van der Waals surface area contributed by atoms with Gasteiger partial charge in [-0.2, -0.15) is 0 Å². The van der Waals surface area contributed by atoms with E-state index in [-0.39, 0.29) is 12.5 Å². The first kappa shape index (κ1) is 17.2. The molecule has 2 rings (SSSR count). The predicted molar refractivity (Wildman–Crippen MR) is 94.8 cm³/mol. The summed E-state index contributed by atoms with van der Waals surface area (Å²) in [6, 6.07) is 15.3. The summed E-state index contributed by atoms with van der Waals surface area (Å²) in [7, 11) is 0. The van der Waals surface area contributed by atoms with E-state index in [9.17, 15) is 4.79 Å². The molecule has 0 aliphatic carbocycles. The van der Waals surface area contributed by atoms with Crippen LogP contribution in [-0.2, 0) is 4.79 Å². The van der Waals surface area contributed by atoms with Crippen LogP contribution in [0.25, 0.3) is 0 Å². The SMILES string of the molecule is O=C(COc1ccc(Cl)cc1Br)NCCSc1ccccc1. The lowest BCUT2D eigenvalue weighted by atomic mass is 10.3. The second-order valence-corrected chi connectivity index (χ2v) is 6.83. The number of rotatable bonds is 7. The molecule has 0 saturated heterocycles. The lowest BCUT2D eigenvalue weighted by molar-refractivity contribution is -0.122. The highest BCUT2D eigenvalue weighted by Crippen LogP contribution is 2.27. The molecular formula is C16H15BrClNO2S. The van der Waals surface area contributed by atoms with Crippen molar-refractivity contribution in [3.05, 3.63) is 58.0 Å². The predicted octanol–water partition coefficient (Wildman–Crippen LogP) is 4.39. The maximum atomic E-state index is 11.7. The van der Waals surface area contributed by atoms with Gasteiger partial charge in [-0.15, -0.1) is 11.8 Å². The van der Waals surface area contributed by atoms with Crippen LogP contribution in [0.15, 0.2) is 57.9 Å². The van der Waals surface area contributed by atoms with Crippen molar-refractivity contribution in [2.75, 3.05) is 18.9 Å². The Labute approximate surface area is 147 Å². The summed E-state index contributed by atoms with van der Waals surface area (Å²) >= 11 is 10.9. The highest BCUT2D eigenvalue weighted by atomic mass is 79.9. The first-order valence-corrected chi connectivity index (χ1v) is 8.83. The summed E-state index contributed by atoms with van der Waals surface area (Å²) in [5, 5.41) is 3.44. The zero-order valence-electron chi connectivity index (χ0n) is 11.7. The van der Waals surface area contributed by atoms with E-state index in [2.05, 4.69) is 21.2 Å². The molecule has 0 aliphatic heterocycles. The number of amides is 1. The fourth-order valence-electron chi connectivity index (χ4n) is 1.66. The third-order valence-electron chi connectivity index (χ3n) is 2.69. The normalized spacial score (nSPS) is 10.3. The van der Waals surface area contributed by atoms with Crippen molar-refractivity contribution in [1.82, 2.24) is 5.32 Å². The molecule has 0 unspecified atom stereocenters. The second-order valence-electron chi connectivity index (χ2n) is 4.37. The largest absolute Gasteiger partial charge is 0.483 e. The van der Waals surface area contributed by atoms with Gasteiger partial charge in [-0.1, -0.05) is 29.8 Å². The van der Waals surface area contributed by atoms with Crippen molar-refractivity contribution in [3.8, 4) is 5.75 Å². The van der Waals surface area contributed by atoms with Crippen molar-refractivity contribution < 1.29 is 9.53 Å². The minimum absolute atomic E-state index is 0.0176. The molecule has 22 heavy (non-hydrogen) atoms. The minimum Gasteiger partial charge on any atom is -0.483 e. The maximum absolute atomic E-state index is 11.7. The third-order valence-corrected chi connectivity index (χ3v) is 4.56. The zero-order chi connectivity index (χ0) is 15.8. The number of carbonyl (C=O) groups is 1. The monoisotopic (exact) mass is 399 g/mol.